The molecule has 1 aliphatic rings. The van der Waals surface area contributed by atoms with Gasteiger partial charge >= 0.3 is 6.30 Å². The summed E-state index contributed by atoms with van der Waals surface area (Å²) in [5, 5.41) is 11.2. The van der Waals surface area contributed by atoms with Crippen LogP contribution in [0.15, 0.2) is 48.9 Å². The summed E-state index contributed by atoms with van der Waals surface area (Å²) in [5.41, 5.74) is 8.40. The van der Waals surface area contributed by atoms with Crippen molar-refractivity contribution in [3.63, 3.8) is 0 Å². The van der Waals surface area contributed by atoms with E-state index in [0.29, 0.717) is 46.0 Å². The molecule has 222 valence electrons. The van der Waals surface area contributed by atoms with Gasteiger partial charge in [-0.25, -0.2) is 14.4 Å². The van der Waals surface area contributed by atoms with Gasteiger partial charge in [0.1, 0.15) is 11.6 Å². The minimum Gasteiger partial charge on any atom is -0.383 e. The molecule has 14 heteroatoms. The standard InChI is InChI=1S/C29H26F4N8O2/c1-15-8-18(23(30)10-20(15)19-11-36-41(14-19)29(31,32)33)13-40(39(3)27(42)16-4-5-16)28(43)17-6-7-24-21(9-17)25-22(26(34)37-24)12-35-38(25)2/h6-12,14,16H,4-5,13H2,1-3H3,(H2,34,37). The van der Waals surface area contributed by atoms with Crippen molar-refractivity contribution in [3.05, 3.63) is 71.4 Å². The monoisotopic (exact) mass is 594 g/mol. The SMILES string of the molecule is Cc1cc(CN(C(=O)c2ccc3nc(N)c4cnn(C)c4c3c2)N(C)C(=O)C2CC2)c(F)cc1-c1cnn(C(F)(F)F)c1. The quantitative estimate of drug-likeness (QED) is 0.228. The molecule has 6 rings (SSSR count). The van der Waals surface area contributed by atoms with Gasteiger partial charge in [0.05, 0.1) is 35.4 Å². The maximum Gasteiger partial charge on any atom is 0.504 e. The number of hydrogen-bond donors (Lipinski definition) is 1. The van der Waals surface area contributed by atoms with Gasteiger partial charge < -0.3 is 5.73 Å². The number of aryl methyl sites for hydroxylation is 2. The highest BCUT2D eigenvalue weighted by atomic mass is 19.4. The molecule has 1 fully saturated rings. The van der Waals surface area contributed by atoms with Gasteiger partial charge in [0.25, 0.3) is 5.91 Å². The lowest BCUT2D eigenvalue weighted by Gasteiger charge is -2.32. The molecule has 0 saturated heterocycles. The predicted molar refractivity (Wildman–Crippen MR) is 149 cm³/mol. The van der Waals surface area contributed by atoms with Gasteiger partial charge in [-0.15, -0.1) is 13.2 Å². The zero-order chi connectivity index (χ0) is 30.8. The molecule has 2 aromatic carbocycles. The molecular formula is C29H26F4N8O2. The van der Waals surface area contributed by atoms with Gasteiger partial charge in [-0.1, -0.05) is 6.07 Å². The number of alkyl halides is 3. The van der Waals surface area contributed by atoms with Crippen LogP contribution in [0.5, 0.6) is 0 Å². The Labute approximate surface area is 242 Å². The van der Waals surface area contributed by atoms with Crippen molar-refractivity contribution in [2.24, 2.45) is 13.0 Å². The maximum atomic E-state index is 15.5. The Morgan fingerprint density at radius 3 is 2.51 bits per heavy atom. The van der Waals surface area contributed by atoms with Crippen molar-refractivity contribution in [3.8, 4) is 11.1 Å². The zero-order valence-electron chi connectivity index (χ0n) is 23.4. The van der Waals surface area contributed by atoms with Crippen LogP contribution in [0.3, 0.4) is 0 Å². The van der Waals surface area contributed by atoms with E-state index in [1.165, 1.54) is 23.1 Å². The van der Waals surface area contributed by atoms with Crippen molar-refractivity contribution in [2.45, 2.75) is 32.6 Å². The van der Waals surface area contributed by atoms with Crippen LogP contribution in [-0.2, 0) is 24.7 Å². The highest BCUT2D eigenvalue weighted by Crippen LogP contribution is 2.34. The molecule has 2 amide bonds. The Kier molecular flexibility index (Phi) is 6.58. The fraction of sp³-hybridized carbons (Fsp3) is 0.276. The number of fused-ring (bicyclic) bond motifs is 3. The van der Waals surface area contributed by atoms with Gasteiger partial charge in [0.15, 0.2) is 0 Å². The molecule has 3 aromatic heterocycles. The van der Waals surface area contributed by atoms with Crippen LogP contribution >= 0.6 is 0 Å². The Hall–Kier alpha value is -5.01. The fourth-order valence-electron chi connectivity index (χ4n) is 5.20. The van der Waals surface area contributed by atoms with Crippen LogP contribution in [-0.4, -0.2) is 53.4 Å². The molecule has 0 atom stereocenters. The Balaban J connectivity index is 1.38. The van der Waals surface area contributed by atoms with E-state index in [0.717, 1.165) is 18.5 Å². The maximum absolute atomic E-state index is 15.5. The lowest BCUT2D eigenvalue weighted by molar-refractivity contribution is -0.212. The number of nitrogens with zero attached hydrogens (tertiary/aromatic N) is 7. The second-order valence-electron chi connectivity index (χ2n) is 10.7. The highest BCUT2D eigenvalue weighted by molar-refractivity contribution is 6.10. The number of halogens is 4. The Morgan fingerprint density at radius 1 is 1.09 bits per heavy atom. The van der Waals surface area contributed by atoms with Crippen molar-refractivity contribution in [1.29, 1.82) is 0 Å². The van der Waals surface area contributed by atoms with E-state index in [1.54, 1.807) is 43.0 Å². The summed E-state index contributed by atoms with van der Waals surface area (Å²) in [6.07, 6.45) is 0.0527. The van der Waals surface area contributed by atoms with Gasteiger partial charge in [-0.3, -0.25) is 19.3 Å². The van der Waals surface area contributed by atoms with Gasteiger partial charge in [-0.2, -0.15) is 14.9 Å². The van der Waals surface area contributed by atoms with E-state index in [9.17, 15) is 22.8 Å². The van der Waals surface area contributed by atoms with Crippen LogP contribution in [0.1, 0.15) is 34.3 Å². The molecule has 0 unspecified atom stereocenters. The first-order valence-corrected chi connectivity index (χ1v) is 13.3. The third-order valence-corrected chi connectivity index (χ3v) is 7.66. The number of nitrogens with two attached hydrogens (primary N) is 1. The minimum absolute atomic E-state index is 0.0810. The van der Waals surface area contributed by atoms with E-state index in [2.05, 4.69) is 15.2 Å². The summed E-state index contributed by atoms with van der Waals surface area (Å²) in [7, 11) is 3.21. The molecule has 0 aliphatic heterocycles. The fourth-order valence-corrected chi connectivity index (χ4v) is 5.20. The molecule has 1 aliphatic carbocycles. The van der Waals surface area contributed by atoms with Crippen molar-refractivity contribution in [1.82, 2.24) is 34.6 Å². The number of rotatable bonds is 5. The van der Waals surface area contributed by atoms with E-state index < -0.39 is 18.0 Å². The van der Waals surface area contributed by atoms with Crippen LogP contribution in [0.2, 0.25) is 0 Å². The molecule has 0 bridgehead atoms. The van der Waals surface area contributed by atoms with Crippen molar-refractivity contribution < 1.29 is 27.2 Å². The molecule has 5 aromatic rings. The second kappa shape index (κ2) is 10.1. The number of benzene rings is 2. The minimum atomic E-state index is -4.71. The number of carbonyl (C=O) groups excluding carboxylic acids is 2. The summed E-state index contributed by atoms with van der Waals surface area (Å²) in [5.74, 6) is -1.51. The first kappa shape index (κ1) is 28.1. The molecule has 10 nitrogen and oxygen atoms in total. The van der Waals surface area contributed by atoms with Gasteiger partial charge in [0, 0.05) is 48.3 Å². The number of hydrogen-bond acceptors (Lipinski definition) is 6. The number of pyridine rings is 1. The smallest absolute Gasteiger partial charge is 0.383 e. The summed E-state index contributed by atoms with van der Waals surface area (Å²) < 4.78 is 56.1. The molecule has 0 spiro atoms. The summed E-state index contributed by atoms with van der Waals surface area (Å²) in [4.78, 5) is 31.5. The van der Waals surface area contributed by atoms with E-state index in [4.69, 9.17) is 5.73 Å². The van der Waals surface area contributed by atoms with Gasteiger partial charge in [0.2, 0.25) is 5.91 Å². The van der Waals surface area contributed by atoms with Crippen LogP contribution in [0.4, 0.5) is 23.4 Å². The van der Waals surface area contributed by atoms with Crippen molar-refractivity contribution >= 4 is 39.4 Å². The first-order valence-electron chi connectivity index (χ1n) is 13.3. The third-order valence-electron chi connectivity index (χ3n) is 7.66. The van der Waals surface area contributed by atoms with E-state index >= 15 is 4.39 Å². The molecule has 1 saturated carbocycles. The Morgan fingerprint density at radius 2 is 1.84 bits per heavy atom. The summed E-state index contributed by atoms with van der Waals surface area (Å²) >= 11 is 0. The number of hydrazine groups is 1. The Bertz CT molecular complexity index is 1930. The van der Waals surface area contributed by atoms with Crippen molar-refractivity contribution in [2.75, 3.05) is 12.8 Å². The van der Waals surface area contributed by atoms with E-state index in [1.807, 2.05) is 0 Å². The first-order chi connectivity index (χ1) is 20.3. The summed E-state index contributed by atoms with van der Waals surface area (Å²) in [6.45, 7) is 1.32. The normalized spacial score (nSPS) is 13.6. The largest absolute Gasteiger partial charge is 0.504 e. The number of aromatic nitrogens is 5. The molecule has 3 heterocycles. The number of carbonyl (C=O) groups is 2. The molecule has 43 heavy (non-hydrogen) atoms. The lowest BCUT2D eigenvalue weighted by Crippen LogP contribution is -2.47. The van der Waals surface area contributed by atoms with Crippen LogP contribution in [0.25, 0.3) is 32.9 Å². The second-order valence-corrected chi connectivity index (χ2v) is 10.7. The molecule has 2 N–H and O–H groups in total. The molecule has 0 radical (unpaired) electrons. The average molecular weight is 595 g/mol. The number of anilines is 1. The highest BCUT2D eigenvalue weighted by Gasteiger charge is 2.36. The third kappa shape index (κ3) is 5.02. The number of nitrogen functional groups attached to an aromatic ring is 1. The molecular weight excluding hydrogens is 568 g/mol. The van der Waals surface area contributed by atoms with Crippen LogP contribution in [0, 0.1) is 18.7 Å². The zero-order valence-corrected chi connectivity index (χ0v) is 23.4. The predicted octanol–water partition coefficient (Wildman–Crippen LogP) is 4.92. The van der Waals surface area contributed by atoms with Gasteiger partial charge in [-0.05, 0) is 55.2 Å². The van der Waals surface area contributed by atoms with E-state index in [-0.39, 0.29) is 45.3 Å². The summed E-state index contributed by atoms with van der Waals surface area (Å²) in [6, 6.07) is 7.41. The topological polar surface area (TPSA) is 115 Å². The number of amides is 2. The van der Waals surface area contributed by atoms with Crippen LogP contribution < -0.4 is 5.73 Å². The lowest BCUT2D eigenvalue weighted by atomic mass is 10.00. The average Bonchev–Trinajstić information content (AvgIpc) is 3.54.